The van der Waals surface area contributed by atoms with Gasteiger partial charge in [-0.05, 0) is 43.9 Å². The molecule has 1 atom stereocenters. The van der Waals surface area contributed by atoms with E-state index in [-0.39, 0.29) is 24.5 Å². The highest BCUT2D eigenvalue weighted by molar-refractivity contribution is 6.32. The van der Waals surface area contributed by atoms with Crippen molar-refractivity contribution in [2.45, 2.75) is 64.6 Å². The molecule has 1 aliphatic rings. The normalized spacial score (nSPS) is 14.8. The summed E-state index contributed by atoms with van der Waals surface area (Å²) < 4.78 is 5.69. The highest BCUT2D eigenvalue weighted by atomic mass is 35.5. The number of carbonyl (C=O) groups excluding carboxylic acids is 2. The molecule has 31 heavy (non-hydrogen) atoms. The van der Waals surface area contributed by atoms with Crippen LogP contribution in [0.5, 0.6) is 5.75 Å². The number of carbonyl (C=O) groups is 2. The van der Waals surface area contributed by atoms with Crippen molar-refractivity contribution < 1.29 is 14.3 Å². The SMILES string of the molecule is CC[C@@H](C(=O)NC1CCCC1)N(Cc1cccc(C)c1)C(=O)COc1ccccc1Cl. The minimum atomic E-state index is -0.552. The van der Waals surface area contributed by atoms with Crippen LogP contribution in [-0.2, 0) is 16.1 Å². The zero-order chi connectivity index (χ0) is 22.2. The van der Waals surface area contributed by atoms with E-state index < -0.39 is 6.04 Å². The lowest BCUT2D eigenvalue weighted by atomic mass is 10.1. The lowest BCUT2D eigenvalue weighted by Crippen LogP contribution is -2.52. The van der Waals surface area contributed by atoms with Crippen LogP contribution < -0.4 is 10.1 Å². The Balaban J connectivity index is 1.77. The van der Waals surface area contributed by atoms with Crippen molar-refractivity contribution in [1.29, 1.82) is 0 Å². The first-order valence-electron chi connectivity index (χ1n) is 11.0. The highest BCUT2D eigenvalue weighted by Gasteiger charge is 2.31. The molecule has 2 aromatic rings. The summed E-state index contributed by atoms with van der Waals surface area (Å²) in [6.07, 6.45) is 4.81. The molecule has 0 spiro atoms. The van der Waals surface area contributed by atoms with Gasteiger partial charge in [-0.25, -0.2) is 0 Å². The number of ether oxygens (including phenoxy) is 1. The van der Waals surface area contributed by atoms with Crippen molar-refractivity contribution >= 4 is 23.4 Å². The van der Waals surface area contributed by atoms with Crippen molar-refractivity contribution in [2.75, 3.05) is 6.61 Å². The van der Waals surface area contributed by atoms with Crippen LogP contribution in [-0.4, -0.2) is 35.4 Å². The number of aryl methyl sites for hydroxylation is 1. The maximum Gasteiger partial charge on any atom is 0.261 e. The maximum absolute atomic E-state index is 13.2. The van der Waals surface area contributed by atoms with E-state index in [1.54, 1.807) is 23.1 Å². The predicted molar refractivity (Wildman–Crippen MR) is 123 cm³/mol. The van der Waals surface area contributed by atoms with Crippen molar-refractivity contribution in [2.24, 2.45) is 0 Å². The fourth-order valence-electron chi connectivity index (χ4n) is 4.08. The van der Waals surface area contributed by atoms with Gasteiger partial charge >= 0.3 is 0 Å². The second-order valence-corrected chi connectivity index (χ2v) is 8.55. The molecule has 0 aliphatic heterocycles. The van der Waals surface area contributed by atoms with Gasteiger partial charge in [-0.3, -0.25) is 9.59 Å². The van der Waals surface area contributed by atoms with Crippen molar-refractivity contribution in [1.82, 2.24) is 10.2 Å². The molecule has 1 N–H and O–H groups in total. The molecular formula is C25H31ClN2O3. The van der Waals surface area contributed by atoms with E-state index in [9.17, 15) is 9.59 Å². The Morgan fingerprint density at radius 1 is 1.16 bits per heavy atom. The topological polar surface area (TPSA) is 58.6 Å². The number of halogens is 1. The van der Waals surface area contributed by atoms with Crippen molar-refractivity contribution in [3.05, 3.63) is 64.7 Å². The fraction of sp³-hybridized carbons (Fsp3) is 0.440. The molecule has 0 bridgehead atoms. The zero-order valence-electron chi connectivity index (χ0n) is 18.3. The molecular weight excluding hydrogens is 412 g/mol. The fourth-order valence-corrected chi connectivity index (χ4v) is 4.27. The van der Waals surface area contributed by atoms with E-state index in [2.05, 4.69) is 5.32 Å². The highest BCUT2D eigenvalue weighted by Crippen LogP contribution is 2.24. The molecule has 5 nitrogen and oxygen atoms in total. The number of hydrogen-bond donors (Lipinski definition) is 1. The van der Waals surface area contributed by atoms with Crippen LogP contribution >= 0.6 is 11.6 Å². The monoisotopic (exact) mass is 442 g/mol. The molecule has 1 saturated carbocycles. The van der Waals surface area contributed by atoms with Gasteiger partial charge in [-0.2, -0.15) is 0 Å². The maximum atomic E-state index is 13.2. The molecule has 166 valence electrons. The summed E-state index contributed by atoms with van der Waals surface area (Å²) in [5.74, 6) is 0.125. The minimum Gasteiger partial charge on any atom is -0.482 e. The molecule has 0 aromatic heterocycles. The van der Waals surface area contributed by atoms with Gasteiger partial charge in [0, 0.05) is 12.6 Å². The summed E-state index contributed by atoms with van der Waals surface area (Å²) in [5.41, 5.74) is 2.10. The quantitative estimate of drug-likeness (QED) is 0.601. The molecule has 0 heterocycles. The van der Waals surface area contributed by atoms with E-state index in [1.165, 1.54) is 0 Å². The van der Waals surface area contributed by atoms with Crippen LogP contribution in [0.3, 0.4) is 0 Å². The van der Waals surface area contributed by atoms with Crippen LogP contribution in [0, 0.1) is 6.92 Å². The molecule has 0 radical (unpaired) electrons. The number of amides is 2. The molecule has 2 aromatic carbocycles. The second-order valence-electron chi connectivity index (χ2n) is 8.14. The Kier molecular flexibility index (Phi) is 8.35. The Morgan fingerprint density at radius 2 is 1.90 bits per heavy atom. The summed E-state index contributed by atoms with van der Waals surface area (Å²) >= 11 is 6.16. The van der Waals surface area contributed by atoms with Gasteiger partial charge in [0.05, 0.1) is 5.02 Å². The van der Waals surface area contributed by atoms with E-state index in [1.807, 2.05) is 44.2 Å². The first kappa shape index (κ1) is 23.1. The smallest absolute Gasteiger partial charge is 0.261 e. The Bertz CT molecular complexity index is 896. The third-order valence-electron chi connectivity index (χ3n) is 5.71. The Labute approximate surface area is 189 Å². The van der Waals surface area contributed by atoms with Crippen LogP contribution in [0.2, 0.25) is 5.02 Å². The van der Waals surface area contributed by atoms with Crippen LogP contribution in [0.15, 0.2) is 48.5 Å². The number of rotatable bonds is 9. The van der Waals surface area contributed by atoms with Gasteiger partial charge in [-0.15, -0.1) is 0 Å². The van der Waals surface area contributed by atoms with E-state index >= 15 is 0 Å². The largest absolute Gasteiger partial charge is 0.482 e. The van der Waals surface area contributed by atoms with Crippen LogP contribution in [0.4, 0.5) is 0 Å². The predicted octanol–water partition coefficient (Wildman–Crippen LogP) is 4.89. The molecule has 0 saturated heterocycles. The van der Waals surface area contributed by atoms with Gasteiger partial charge in [0.2, 0.25) is 5.91 Å². The minimum absolute atomic E-state index is 0.0897. The van der Waals surface area contributed by atoms with Crippen molar-refractivity contribution in [3.63, 3.8) is 0 Å². The van der Waals surface area contributed by atoms with Gasteiger partial charge in [0.25, 0.3) is 5.91 Å². The van der Waals surface area contributed by atoms with Gasteiger partial charge in [-0.1, -0.05) is 73.3 Å². The third kappa shape index (κ3) is 6.47. The number of nitrogens with zero attached hydrogens (tertiary/aromatic N) is 1. The van der Waals surface area contributed by atoms with Gasteiger partial charge in [0.1, 0.15) is 11.8 Å². The molecule has 6 heteroatoms. The lowest BCUT2D eigenvalue weighted by molar-refractivity contribution is -0.143. The lowest BCUT2D eigenvalue weighted by Gasteiger charge is -2.31. The number of benzene rings is 2. The van der Waals surface area contributed by atoms with E-state index in [4.69, 9.17) is 16.3 Å². The first-order valence-corrected chi connectivity index (χ1v) is 11.4. The Morgan fingerprint density at radius 3 is 2.58 bits per heavy atom. The summed E-state index contributed by atoms with van der Waals surface area (Å²) in [6.45, 7) is 4.12. The molecule has 3 rings (SSSR count). The average Bonchev–Trinajstić information content (AvgIpc) is 3.26. The number of nitrogens with one attached hydrogen (secondary N) is 1. The first-order chi connectivity index (χ1) is 15.0. The number of para-hydroxylation sites is 1. The number of hydrogen-bond acceptors (Lipinski definition) is 3. The summed E-state index contributed by atoms with van der Waals surface area (Å²) in [6, 6.07) is 14.7. The van der Waals surface area contributed by atoms with E-state index in [0.717, 1.165) is 36.8 Å². The molecule has 1 aliphatic carbocycles. The molecule has 0 unspecified atom stereocenters. The van der Waals surface area contributed by atoms with Crippen LogP contribution in [0.1, 0.15) is 50.2 Å². The molecule has 1 fully saturated rings. The third-order valence-corrected chi connectivity index (χ3v) is 6.02. The zero-order valence-corrected chi connectivity index (χ0v) is 19.0. The standard InChI is InChI=1S/C25H31ClN2O3/c1-3-22(25(30)27-20-11-4-5-12-20)28(16-19-10-8-9-18(2)15-19)24(29)17-31-23-14-7-6-13-21(23)26/h6-10,13-15,20,22H,3-5,11-12,16-17H2,1-2H3,(H,27,30)/t22-/m0/s1. The summed E-state index contributed by atoms with van der Waals surface area (Å²) in [7, 11) is 0. The van der Waals surface area contributed by atoms with Gasteiger partial charge in [0.15, 0.2) is 6.61 Å². The average molecular weight is 443 g/mol. The summed E-state index contributed by atoms with van der Waals surface area (Å²) in [4.78, 5) is 28.0. The van der Waals surface area contributed by atoms with Crippen molar-refractivity contribution in [3.8, 4) is 5.75 Å². The van der Waals surface area contributed by atoms with Crippen LogP contribution in [0.25, 0.3) is 0 Å². The van der Waals surface area contributed by atoms with Gasteiger partial charge < -0.3 is 15.0 Å². The Hall–Kier alpha value is -2.53. The summed E-state index contributed by atoms with van der Waals surface area (Å²) in [5, 5.41) is 3.60. The second kappa shape index (κ2) is 11.2. The van der Waals surface area contributed by atoms with E-state index in [0.29, 0.717) is 23.7 Å². The molecule has 2 amide bonds.